The Bertz CT molecular complexity index is 1570. The fourth-order valence-corrected chi connectivity index (χ4v) is 8.21. The number of aliphatic hydroxyl groups excluding tert-OH is 1. The van der Waals surface area contributed by atoms with Gasteiger partial charge in [-0.2, -0.15) is 4.98 Å². The van der Waals surface area contributed by atoms with E-state index in [1.165, 1.54) is 0 Å². The molecule has 0 bridgehead atoms. The maximum Gasteiger partial charge on any atom is 0.301 e. The van der Waals surface area contributed by atoms with Crippen LogP contribution in [0, 0.1) is 0 Å². The number of anilines is 1. The third kappa shape index (κ3) is 6.58. The molecule has 0 saturated carbocycles. The summed E-state index contributed by atoms with van der Waals surface area (Å²) in [6.07, 6.45) is -1.87. The number of halogens is 1. The molecular formula is C29H40ClN5O6SSi. The molecule has 0 amide bonds. The molecule has 3 saturated heterocycles. The number of nitrogens with zero attached hydrogens (tertiary/aromatic N) is 5. The first kappa shape index (κ1) is 30.7. The summed E-state index contributed by atoms with van der Waals surface area (Å²) in [5.41, 5.74) is 3.76. The molecule has 0 aliphatic carbocycles. The maximum absolute atomic E-state index is 12.6. The molecule has 2 aromatic heterocycles. The number of hydrogen-bond donors (Lipinski definition) is 1. The number of aromatic nitrogens is 3. The number of pyridine rings is 1. The molecule has 3 aromatic rings. The Morgan fingerprint density at radius 1 is 1.12 bits per heavy atom. The van der Waals surface area contributed by atoms with Crippen LogP contribution in [0.1, 0.15) is 0 Å². The number of hydrogen-bond acceptors (Lipinski definition) is 10. The highest BCUT2D eigenvalue weighted by Crippen LogP contribution is 2.34. The normalized spacial score (nSPS) is 25.3. The van der Waals surface area contributed by atoms with Gasteiger partial charge in [-0.3, -0.25) is 4.57 Å². The predicted octanol–water partition coefficient (Wildman–Crippen LogP) is 3.89. The van der Waals surface area contributed by atoms with Crippen molar-refractivity contribution in [2.24, 2.45) is 4.36 Å². The zero-order chi connectivity index (χ0) is 30.4. The second kappa shape index (κ2) is 12.3. The minimum absolute atomic E-state index is 0.219. The van der Waals surface area contributed by atoms with Crippen molar-refractivity contribution in [3.05, 3.63) is 35.4 Å². The summed E-state index contributed by atoms with van der Waals surface area (Å²) in [6, 6.07) is 11.3. The number of benzene rings is 1. The minimum atomic E-state index is -2.08. The average molecular weight is 650 g/mol. The van der Waals surface area contributed by atoms with E-state index in [1.54, 1.807) is 13.1 Å². The van der Waals surface area contributed by atoms with Crippen LogP contribution in [0.5, 0.6) is 6.01 Å². The van der Waals surface area contributed by atoms with Crippen LogP contribution in [-0.4, -0.2) is 108 Å². The SMILES string of the molecule is CN=S1(=O)CCN(c2ccc(-c3nc4c(cc3Cl)nc(O[C@@H]3CO[C@H]5[C@@H]3OC[C@H]5O)n4COCC[Si](C)(C)C)cc2)CC1. The van der Waals surface area contributed by atoms with Crippen LogP contribution < -0.4 is 9.64 Å². The van der Waals surface area contributed by atoms with Crippen LogP contribution in [0.3, 0.4) is 0 Å². The molecule has 0 radical (unpaired) electrons. The summed E-state index contributed by atoms with van der Waals surface area (Å²) in [4.78, 5) is 11.9. The van der Waals surface area contributed by atoms with E-state index in [0.717, 1.165) is 17.3 Å². The molecule has 1 N–H and O–H groups in total. The zero-order valence-electron chi connectivity index (χ0n) is 25.1. The largest absolute Gasteiger partial charge is 0.456 e. The van der Waals surface area contributed by atoms with Gasteiger partial charge in [0, 0.05) is 67.3 Å². The summed E-state index contributed by atoms with van der Waals surface area (Å²) in [6.45, 7) is 9.71. The van der Waals surface area contributed by atoms with Gasteiger partial charge < -0.3 is 29.0 Å². The summed E-state index contributed by atoms with van der Waals surface area (Å²) >= 11 is 6.77. The van der Waals surface area contributed by atoms with Crippen molar-refractivity contribution >= 4 is 46.3 Å². The van der Waals surface area contributed by atoms with Crippen LogP contribution in [-0.2, 0) is 30.7 Å². The lowest BCUT2D eigenvalue weighted by molar-refractivity contribution is 0.00336. The van der Waals surface area contributed by atoms with Gasteiger partial charge >= 0.3 is 6.01 Å². The number of aliphatic hydroxyl groups is 1. The summed E-state index contributed by atoms with van der Waals surface area (Å²) < 4.78 is 42.5. The van der Waals surface area contributed by atoms with E-state index in [0.29, 0.717) is 65.7 Å². The van der Waals surface area contributed by atoms with Crippen LogP contribution in [0.4, 0.5) is 5.69 Å². The first-order valence-corrected chi connectivity index (χ1v) is 20.7. The Morgan fingerprint density at radius 3 is 2.53 bits per heavy atom. The van der Waals surface area contributed by atoms with Crippen molar-refractivity contribution < 1.29 is 28.3 Å². The Morgan fingerprint density at radius 2 is 1.84 bits per heavy atom. The van der Waals surface area contributed by atoms with Gasteiger partial charge in [0.25, 0.3) is 0 Å². The minimum Gasteiger partial charge on any atom is -0.456 e. The average Bonchev–Trinajstić information content (AvgIpc) is 3.65. The molecule has 6 rings (SSSR count). The van der Waals surface area contributed by atoms with E-state index in [9.17, 15) is 9.32 Å². The lowest BCUT2D eigenvalue weighted by Gasteiger charge is -2.30. The third-order valence-electron chi connectivity index (χ3n) is 8.29. The topological polar surface area (TPSA) is 121 Å². The lowest BCUT2D eigenvalue weighted by Crippen LogP contribution is -2.40. The second-order valence-corrected chi connectivity index (χ2v) is 21.3. The van der Waals surface area contributed by atoms with Crippen molar-refractivity contribution in [3.63, 3.8) is 0 Å². The van der Waals surface area contributed by atoms with Crippen molar-refractivity contribution in [1.82, 2.24) is 14.5 Å². The number of ether oxygens (including phenoxy) is 4. The zero-order valence-corrected chi connectivity index (χ0v) is 27.6. The van der Waals surface area contributed by atoms with Crippen LogP contribution in [0.2, 0.25) is 30.7 Å². The summed E-state index contributed by atoms with van der Waals surface area (Å²) in [5.74, 6) is 1.15. The first-order valence-electron chi connectivity index (χ1n) is 14.7. The molecule has 3 aliphatic rings. The van der Waals surface area contributed by atoms with Gasteiger partial charge in [0.2, 0.25) is 0 Å². The van der Waals surface area contributed by atoms with Crippen molar-refractivity contribution in [3.8, 4) is 17.3 Å². The molecular weight excluding hydrogens is 610 g/mol. The van der Waals surface area contributed by atoms with Gasteiger partial charge in [-0.15, -0.1) is 0 Å². The Kier molecular flexibility index (Phi) is 8.77. The Hall–Kier alpha value is -2.26. The monoisotopic (exact) mass is 649 g/mol. The third-order valence-corrected chi connectivity index (χ3v) is 12.6. The van der Waals surface area contributed by atoms with Gasteiger partial charge in [-0.1, -0.05) is 43.4 Å². The highest BCUT2D eigenvalue weighted by atomic mass is 35.5. The molecule has 43 heavy (non-hydrogen) atoms. The predicted molar refractivity (Wildman–Crippen MR) is 170 cm³/mol. The molecule has 3 aliphatic heterocycles. The number of rotatable bonds is 9. The molecule has 14 heteroatoms. The van der Waals surface area contributed by atoms with E-state index in [-0.39, 0.29) is 19.4 Å². The van der Waals surface area contributed by atoms with Gasteiger partial charge in [0.05, 0.1) is 23.9 Å². The molecule has 234 valence electrons. The van der Waals surface area contributed by atoms with Crippen LogP contribution in [0.25, 0.3) is 22.4 Å². The van der Waals surface area contributed by atoms with Crippen molar-refractivity contribution in [2.45, 2.75) is 56.8 Å². The molecule has 1 aromatic carbocycles. The second-order valence-electron chi connectivity index (χ2n) is 12.5. The highest BCUT2D eigenvalue weighted by molar-refractivity contribution is 7.93. The van der Waals surface area contributed by atoms with Gasteiger partial charge in [0.1, 0.15) is 30.6 Å². The highest BCUT2D eigenvalue weighted by Gasteiger charge is 2.49. The molecule has 0 spiro atoms. The summed E-state index contributed by atoms with van der Waals surface area (Å²) in [7, 11) is -1.71. The molecule has 3 fully saturated rings. The van der Waals surface area contributed by atoms with E-state index < -0.39 is 36.1 Å². The smallest absolute Gasteiger partial charge is 0.301 e. The summed E-state index contributed by atoms with van der Waals surface area (Å²) in [5, 5.41) is 10.6. The quantitative estimate of drug-likeness (QED) is 0.272. The van der Waals surface area contributed by atoms with Gasteiger partial charge in [-0.25, -0.2) is 13.6 Å². The fourth-order valence-electron chi connectivity index (χ4n) is 5.62. The van der Waals surface area contributed by atoms with Crippen molar-refractivity contribution in [2.75, 3.05) is 56.4 Å². The maximum atomic E-state index is 12.6. The van der Waals surface area contributed by atoms with Gasteiger partial charge in [0.15, 0.2) is 11.8 Å². The van der Waals surface area contributed by atoms with E-state index in [2.05, 4.69) is 28.9 Å². The molecule has 4 atom stereocenters. The Labute approximate surface area is 258 Å². The van der Waals surface area contributed by atoms with E-state index in [4.69, 9.17) is 40.5 Å². The fraction of sp³-hybridized carbons (Fsp3) is 0.586. The van der Waals surface area contributed by atoms with E-state index >= 15 is 0 Å². The van der Waals surface area contributed by atoms with Crippen molar-refractivity contribution in [1.29, 1.82) is 0 Å². The number of fused-ring (bicyclic) bond motifs is 2. The molecule has 11 nitrogen and oxygen atoms in total. The lowest BCUT2D eigenvalue weighted by atomic mass is 10.1. The Balaban J connectivity index is 1.27. The standard InChI is InChI=1S/C29H40ClN5O6SSi/c1-31-42(37)12-9-34(10-13-42)20-7-5-19(6-8-20)25-21(30)15-22-28(33-25)35(18-38-11-14-43(2,3)4)29(32-22)41-24-17-40-26-23(36)16-39-27(24)26/h5-8,15,23-24,26-27,36H,9-14,16-18H2,1-4H3/t23-,24-,26-,27-/m1/s1. The molecule has 5 heterocycles. The first-order chi connectivity index (χ1) is 20.5. The van der Waals surface area contributed by atoms with Crippen LogP contribution in [0.15, 0.2) is 34.7 Å². The van der Waals surface area contributed by atoms with E-state index in [1.807, 2.05) is 28.8 Å². The van der Waals surface area contributed by atoms with Crippen LogP contribution >= 0.6 is 11.6 Å². The van der Waals surface area contributed by atoms with Gasteiger partial charge in [-0.05, 0) is 24.2 Å². The number of imidazole rings is 1. The molecule has 0 unspecified atom stereocenters.